The van der Waals surface area contributed by atoms with Gasteiger partial charge < -0.3 is 10.2 Å². The Morgan fingerprint density at radius 1 is 0.893 bits per heavy atom. The van der Waals surface area contributed by atoms with Gasteiger partial charge in [0.1, 0.15) is 11.3 Å². The first-order valence-electron chi connectivity index (χ1n) is 7.81. The number of hydrogen-bond donors (Lipinski definition) is 3. The third-order valence-corrected chi connectivity index (χ3v) is 5.41. The van der Waals surface area contributed by atoms with Crippen molar-refractivity contribution in [3.63, 3.8) is 0 Å². The minimum Gasteiger partial charge on any atom is -0.507 e. The van der Waals surface area contributed by atoms with Crippen molar-refractivity contribution in [2.75, 3.05) is 4.31 Å². The molecule has 0 aliphatic heterocycles. The van der Waals surface area contributed by atoms with E-state index in [-0.39, 0.29) is 11.3 Å². The monoisotopic (exact) mass is 437 g/mol. The molecule has 144 valence electrons. The third-order valence-electron chi connectivity index (χ3n) is 3.94. The standard InChI is InChI=1S/C19H13Cl2NO5S/c20-16-7-4-12(9-17(16)21)11-2-1-3-13(8-11)22(28(26)27)14-5-6-15(19(24)25)18(23)10-14/h1-10,23H,(H,24,25)(H,26,27). The fourth-order valence-corrected chi connectivity index (χ4v) is 3.53. The minimum atomic E-state index is -2.48. The molecule has 3 aromatic carbocycles. The molecule has 1 atom stereocenters. The molecule has 0 fully saturated rings. The van der Waals surface area contributed by atoms with Crippen molar-refractivity contribution in [1.29, 1.82) is 0 Å². The molecular formula is C19H13Cl2NO5S. The Labute approximate surface area is 173 Å². The second kappa shape index (κ2) is 8.20. The van der Waals surface area contributed by atoms with E-state index in [9.17, 15) is 18.7 Å². The van der Waals surface area contributed by atoms with Crippen molar-refractivity contribution in [1.82, 2.24) is 0 Å². The number of nitrogens with zero attached hydrogens (tertiary/aromatic N) is 1. The van der Waals surface area contributed by atoms with Crippen molar-refractivity contribution in [2.45, 2.75) is 0 Å². The molecule has 0 spiro atoms. The number of aromatic hydroxyl groups is 1. The lowest BCUT2D eigenvalue weighted by Gasteiger charge is -2.21. The van der Waals surface area contributed by atoms with Crippen LogP contribution in [0.2, 0.25) is 10.0 Å². The van der Waals surface area contributed by atoms with Gasteiger partial charge in [0.05, 0.1) is 21.4 Å². The van der Waals surface area contributed by atoms with E-state index in [1.54, 1.807) is 42.5 Å². The summed E-state index contributed by atoms with van der Waals surface area (Å²) in [4.78, 5) is 11.1. The first kappa shape index (κ1) is 20.2. The number of hydrogen-bond acceptors (Lipinski definition) is 3. The highest BCUT2D eigenvalue weighted by molar-refractivity contribution is 7.81. The first-order valence-corrected chi connectivity index (χ1v) is 9.63. The summed E-state index contributed by atoms with van der Waals surface area (Å²) >= 11 is 9.53. The van der Waals surface area contributed by atoms with Gasteiger partial charge in [-0.3, -0.25) is 4.55 Å². The summed E-state index contributed by atoms with van der Waals surface area (Å²) in [5, 5.41) is 19.7. The summed E-state index contributed by atoms with van der Waals surface area (Å²) in [5.41, 5.74) is 1.67. The second-order valence-electron chi connectivity index (χ2n) is 5.71. The fraction of sp³-hybridized carbons (Fsp3) is 0. The molecule has 0 saturated carbocycles. The number of carbonyl (C=O) groups is 1. The molecule has 0 aliphatic rings. The molecule has 9 heteroatoms. The number of phenols is 1. The SMILES string of the molecule is O=C(O)c1ccc(N(c2cccc(-c3ccc(Cl)c(Cl)c3)c2)S(=O)O)cc1O. The van der Waals surface area contributed by atoms with Crippen molar-refractivity contribution >= 4 is 51.8 Å². The minimum absolute atomic E-state index is 0.148. The molecule has 3 rings (SSSR count). The Balaban J connectivity index is 2.06. The van der Waals surface area contributed by atoms with E-state index in [1.165, 1.54) is 6.07 Å². The maximum atomic E-state index is 12.0. The molecule has 0 radical (unpaired) electrons. The molecule has 6 nitrogen and oxygen atoms in total. The van der Waals surface area contributed by atoms with Crippen molar-refractivity contribution in [2.24, 2.45) is 0 Å². The van der Waals surface area contributed by atoms with E-state index in [1.807, 2.05) is 0 Å². The summed E-state index contributed by atoms with van der Waals surface area (Å²) in [6, 6.07) is 15.5. The van der Waals surface area contributed by atoms with Crippen LogP contribution in [-0.2, 0) is 11.3 Å². The van der Waals surface area contributed by atoms with Gasteiger partial charge in [-0.05, 0) is 47.5 Å². The number of anilines is 2. The number of benzene rings is 3. The molecular weight excluding hydrogens is 425 g/mol. The zero-order chi connectivity index (χ0) is 20.4. The van der Waals surface area contributed by atoms with Gasteiger partial charge in [0.15, 0.2) is 0 Å². The lowest BCUT2D eigenvalue weighted by atomic mass is 10.0. The predicted octanol–water partition coefficient (Wildman–Crippen LogP) is 5.34. The van der Waals surface area contributed by atoms with Crippen LogP contribution < -0.4 is 4.31 Å². The molecule has 0 saturated heterocycles. The Bertz CT molecular complexity index is 1090. The second-order valence-corrected chi connectivity index (χ2v) is 7.35. The Morgan fingerprint density at radius 2 is 1.57 bits per heavy atom. The fourth-order valence-electron chi connectivity index (χ4n) is 2.64. The maximum Gasteiger partial charge on any atom is 0.339 e. The van der Waals surface area contributed by atoms with Crippen molar-refractivity contribution in [3.05, 3.63) is 76.3 Å². The molecule has 3 aromatic rings. The van der Waals surface area contributed by atoms with Gasteiger partial charge in [-0.1, -0.05) is 41.4 Å². The van der Waals surface area contributed by atoms with Gasteiger partial charge in [0.2, 0.25) is 0 Å². The van der Waals surface area contributed by atoms with Gasteiger partial charge in [-0.25, -0.2) is 13.3 Å². The lowest BCUT2D eigenvalue weighted by molar-refractivity contribution is 0.0694. The van der Waals surface area contributed by atoms with E-state index in [0.717, 1.165) is 27.6 Å². The average molecular weight is 438 g/mol. The van der Waals surface area contributed by atoms with E-state index in [2.05, 4.69) is 0 Å². The number of halogens is 2. The van der Waals surface area contributed by atoms with Crippen molar-refractivity contribution in [3.8, 4) is 16.9 Å². The van der Waals surface area contributed by atoms with Crippen LogP contribution in [0.4, 0.5) is 11.4 Å². The van der Waals surface area contributed by atoms with E-state index >= 15 is 0 Å². The summed E-state index contributed by atoms with van der Waals surface area (Å²) in [6.07, 6.45) is 0. The zero-order valence-corrected chi connectivity index (χ0v) is 16.4. The molecule has 3 N–H and O–H groups in total. The van der Waals surface area contributed by atoms with Gasteiger partial charge in [-0.15, -0.1) is 0 Å². The predicted molar refractivity (Wildman–Crippen MR) is 110 cm³/mol. The third kappa shape index (κ3) is 4.13. The Kier molecular flexibility index (Phi) is 5.90. The van der Waals surface area contributed by atoms with Crippen LogP contribution in [0.15, 0.2) is 60.7 Å². The van der Waals surface area contributed by atoms with Gasteiger partial charge in [0.25, 0.3) is 11.3 Å². The Morgan fingerprint density at radius 3 is 2.18 bits per heavy atom. The number of carboxylic acids is 1. The molecule has 0 bridgehead atoms. The smallest absolute Gasteiger partial charge is 0.339 e. The van der Waals surface area contributed by atoms with Crippen LogP contribution in [0.1, 0.15) is 10.4 Å². The number of aromatic carboxylic acids is 1. The van der Waals surface area contributed by atoms with Crippen LogP contribution in [0.5, 0.6) is 5.75 Å². The van der Waals surface area contributed by atoms with E-state index in [0.29, 0.717) is 15.7 Å². The van der Waals surface area contributed by atoms with Crippen LogP contribution >= 0.6 is 23.2 Å². The Hall–Kier alpha value is -2.58. The van der Waals surface area contributed by atoms with E-state index < -0.39 is 23.0 Å². The molecule has 28 heavy (non-hydrogen) atoms. The van der Waals surface area contributed by atoms with Crippen LogP contribution in [0, 0.1) is 0 Å². The van der Waals surface area contributed by atoms with Gasteiger partial charge in [-0.2, -0.15) is 0 Å². The number of carboxylic acid groups (broad SMARTS) is 1. The molecule has 0 aliphatic carbocycles. The summed E-state index contributed by atoms with van der Waals surface area (Å²) in [7, 11) is 0. The molecule has 0 heterocycles. The summed E-state index contributed by atoms with van der Waals surface area (Å²) in [5.74, 6) is -1.82. The quantitative estimate of drug-likeness (QED) is 0.467. The molecule has 0 aromatic heterocycles. The van der Waals surface area contributed by atoms with Gasteiger partial charge in [0, 0.05) is 6.07 Å². The lowest BCUT2D eigenvalue weighted by Crippen LogP contribution is -2.19. The normalized spacial score (nSPS) is 11.8. The van der Waals surface area contributed by atoms with Gasteiger partial charge >= 0.3 is 5.97 Å². The highest BCUT2D eigenvalue weighted by Crippen LogP contribution is 2.35. The van der Waals surface area contributed by atoms with Crippen LogP contribution in [-0.4, -0.2) is 24.9 Å². The maximum absolute atomic E-state index is 12.0. The topological polar surface area (TPSA) is 98.1 Å². The molecule has 0 amide bonds. The zero-order valence-electron chi connectivity index (χ0n) is 14.0. The van der Waals surface area contributed by atoms with E-state index in [4.69, 9.17) is 28.3 Å². The average Bonchev–Trinajstić information content (AvgIpc) is 2.64. The van der Waals surface area contributed by atoms with Crippen molar-refractivity contribution < 1.29 is 23.8 Å². The largest absolute Gasteiger partial charge is 0.507 e. The first-order chi connectivity index (χ1) is 13.3. The summed E-state index contributed by atoms with van der Waals surface area (Å²) < 4.78 is 22.8. The van der Waals surface area contributed by atoms with Crippen LogP contribution in [0.3, 0.4) is 0 Å². The summed E-state index contributed by atoms with van der Waals surface area (Å²) in [6.45, 7) is 0. The highest BCUT2D eigenvalue weighted by atomic mass is 35.5. The van der Waals surface area contributed by atoms with Crippen LogP contribution in [0.25, 0.3) is 11.1 Å². The molecule has 1 unspecified atom stereocenters. The number of rotatable bonds is 5. The highest BCUT2D eigenvalue weighted by Gasteiger charge is 2.19.